The smallest absolute Gasteiger partial charge is 0.0402 e. The minimum absolute atomic E-state index is 0.162. The van der Waals surface area contributed by atoms with E-state index in [0.29, 0.717) is 6.54 Å². The second-order valence-corrected chi connectivity index (χ2v) is 2.16. The Labute approximate surface area is 87.7 Å². The Morgan fingerprint density at radius 1 is 0.929 bits per heavy atom. The van der Waals surface area contributed by atoms with E-state index in [1.165, 1.54) is 0 Å². The van der Waals surface area contributed by atoms with Gasteiger partial charge in [-0.3, -0.25) is 0 Å². The third kappa shape index (κ3) is 425. The molecule has 0 radical (unpaired) electrons. The molecule has 0 spiro atoms. The van der Waals surface area contributed by atoms with Crippen LogP contribution in [0.25, 0.3) is 0 Å². The first kappa shape index (κ1) is 23.5. The van der Waals surface area contributed by atoms with Crippen molar-refractivity contribution in [3.8, 4) is 0 Å². The number of hydrogen-bond acceptors (Lipinski definition) is 5. The summed E-state index contributed by atoms with van der Waals surface area (Å²) in [6.07, 6.45) is 0. The average Bonchev–Trinajstić information content (AvgIpc) is 2.08. The van der Waals surface area contributed by atoms with Crippen LogP contribution in [0.3, 0.4) is 0 Å². The summed E-state index contributed by atoms with van der Waals surface area (Å²) in [5.41, 5.74) is 10.2. The van der Waals surface area contributed by atoms with Crippen LogP contribution >= 0.6 is 0 Å². The fourth-order valence-electron chi connectivity index (χ4n) is 0. The summed E-state index contributed by atoms with van der Waals surface area (Å²) in [7, 11) is 0. The van der Waals surface area contributed by atoms with Gasteiger partial charge in [0.2, 0.25) is 0 Å². The van der Waals surface area contributed by atoms with Gasteiger partial charge in [0.1, 0.15) is 0 Å². The van der Waals surface area contributed by atoms with Crippen LogP contribution in [-0.2, 0) is 0 Å². The van der Waals surface area contributed by atoms with Crippen LogP contribution in [0.15, 0.2) is 0 Å². The monoisotopic (exact) mass is 212 g/mol. The molecule has 0 aliphatic carbocycles. The first-order valence-electron chi connectivity index (χ1n) is 4.80. The van der Waals surface area contributed by atoms with Crippen molar-refractivity contribution in [3.63, 3.8) is 0 Å². The summed E-state index contributed by atoms with van der Waals surface area (Å²) in [4.78, 5) is 0. The Morgan fingerprint density at radius 3 is 1.00 bits per heavy atom. The van der Waals surface area contributed by atoms with Crippen molar-refractivity contribution < 1.29 is 15.3 Å². The third-order valence-electron chi connectivity index (χ3n) is 0.372. The summed E-state index contributed by atoms with van der Waals surface area (Å²) in [6, 6.07) is 0.162. The lowest BCUT2D eigenvalue weighted by molar-refractivity contribution is 0.318. The number of rotatable bonds is 1. The van der Waals surface area contributed by atoms with Crippen molar-refractivity contribution in [2.75, 3.05) is 26.4 Å². The quantitative estimate of drug-likeness (QED) is 0.394. The zero-order valence-electron chi connectivity index (χ0n) is 9.90. The summed E-state index contributed by atoms with van der Waals surface area (Å²) >= 11 is 0. The zero-order chi connectivity index (χ0) is 12.4. The molecule has 0 aromatic heterocycles. The topological polar surface area (TPSA) is 113 Å². The number of aliphatic hydroxyl groups excluding tert-OH is 3. The van der Waals surface area contributed by atoms with Crippen LogP contribution in [0.2, 0.25) is 0 Å². The fourth-order valence-corrected chi connectivity index (χ4v) is 0. The fraction of sp³-hybridized carbons (Fsp3) is 1.00. The molecule has 5 nitrogen and oxygen atoms in total. The van der Waals surface area contributed by atoms with Crippen molar-refractivity contribution in [1.82, 2.24) is 0 Å². The maximum atomic E-state index is 7.57. The van der Waals surface area contributed by atoms with Gasteiger partial charge in [-0.1, -0.05) is 0 Å². The molecule has 14 heavy (non-hydrogen) atoms. The standard InChI is InChI=1S/C3H10N2.3C2H6O/c1-3(5)2-4;3*1-2-3/h3H,2,4-5H2,1H3;3*3H,2H2,1H3. The van der Waals surface area contributed by atoms with Crippen LogP contribution in [0, 0.1) is 0 Å². The Morgan fingerprint density at radius 2 is 1.00 bits per heavy atom. The van der Waals surface area contributed by atoms with Crippen molar-refractivity contribution in [1.29, 1.82) is 0 Å². The van der Waals surface area contributed by atoms with E-state index in [1.807, 2.05) is 6.92 Å². The number of hydrogen-bond donors (Lipinski definition) is 5. The van der Waals surface area contributed by atoms with Crippen molar-refractivity contribution >= 4 is 0 Å². The van der Waals surface area contributed by atoms with Gasteiger partial charge < -0.3 is 26.8 Å². The first-order chi connectivity index (χ1) is 6.51. The highest BCUT2D eigenvalue weighted by atomic mass is 16.3. The van der Waals surface area contributed by atoms with Crippen LogP contribution < -0.4 is 11.5 Å². The molecule has 92 valence electrons. The van der Waals surface area contributed by atoms with E-state index in [2.05, 4.69) is 0 Å². The molecule has 1 atom stereocenters. The SMILES string of the molecule is CC(N)CN.CCO.CCO.CCO. The Hall–Kier alpha value is -0.200. The summed E-state index contributed by atoms with van der Waals surface area (Å²) < 4.78 is 0. The van der Waals surface area contributed by atoms with Crippen molar-refractivity contribution in [2.45, 2.75) is 33.7 Å². The molecule has 0 saturated carbocycles. The average molecular weight is 212 g/mol. The van der Waals surface area contributed by atoms with E-state index in [1.54, 1.807) is 20.8 Å². The molecular weight excluding hydrogens is 184 g/mol. The molecule has 1 unspecified atom stereocenters. The summed E-state index contributed by atoms with van der Waals surface area (Å²) in [6.45, 7) is 8.25. The molecule has 0 saturated heterocycles. The molecule has 0 fully saturated rings. The third-order valence-corrected chi connectivity index (χ3v) is 0.372. The first-order valence-corrected chi connectivity index (χ1v) is 4.80. The van der Waals surface area contributed by atoms with Crippen molar-refractivity contribution in [2.24, 2.45) is 11.5 Å². The lowest BCUT2D eigenvalue weighted by Gasteiger charge is -1.92. The molecular formula is C9H28N2O3. The van der Waals surface area contributed by atoms with Gasteiger partial charge >= 0.3 is 0 Å². The van der Waals surface area contributed by atoms with Gasteiger partial charge in [-0.2, -0.15) is 0 Å². The van der Waals surface area contributed by atoms with Gasteiger partial charge in [-0.05, 0) is 27.7 Å². The Bertz CT molecular complexity index is 50.6. The second-order valence-electron chi connectivity index (χ2n) is 2.16. The highest BCUT2D eigenvalue weighted by Crippen LogP contribution is 1.59. The Kier molecular flexibility index (Phi) is 64.8. The van der Waals surface area contributed by atoms with Gasteiger partial charge in [-0.15, -0.1) is 0 Å². The van der Waals surface area contributed by atoms with Crippen molar-refractivity contribution in [3.05, 3.63) is 0 Å². The Balaban J connectivity index is -0.0000000495. The normalized spacial score (nSPS) is 9.21. The molecule has 0 heterocycles. The summed E-state index contributed by atoms with van der Waals surface area (Å²) in [5.74, 6) is 0. The maximum Gasteiger partial charge on any atom is 0.0402 e. The van der Waals surface area contributed by atoms with Crippen LogP contribution in [0.4, 0.5) is 0 Å². The molecule has 0 amide bonds. The zero-order valence-corrected chi connectivity index (χ0v) is 9.90. The van der Waals surface area contributed by atoms with E-state index >= 15 is 0 Å². The highest BCUT2D eigenvalue weighted by molar-refractivity contribution is 4.48. The highest BCUT2D eigenvalue weighted by Gasteiger charge is 1.79. The molecule has 5 heteroatoms. The lowest BCUT2D eigenvalue weighted by atomic mass is 10.4. The maximum absolute atomic E-state index is 7.57. The van der Waals surface area contributed by atoms with E-state index in [-0.39, 0.29) is 25.9 Å². The van der Waals surface area contributed by atoms with E-state index in [0.717, 1.165) is 0 Å². The summed E-state index contributed by atoms with van der Waals surface area (Å²) in [5, 5.41) is 22.7. The minimum Gasteiger partial charge on any atom is -0.397 e. The molecule has 0 aliphatic rings. The molecule has 0 aliphatic heterocycles. The second kappa shape index (κ2) is 38.5. The van der Waals surface area contributed by atoms with E-state index < -0.39 is 0 Å². The molecule has 7 N–H and O–H groups in total. The predicted molar refractivity (Wildman–Crippen MR) is 61.0 cm³/mol. The van der Waals surface area contributed by atoms with Crippen LogP contribution in [0.5, 0.6) is 0 Å². The molecule has 0 bridgehead atoms. The van der Waals surface area contributed by atoms with Gasteiger partial charge in [-0.25, -0.2) is 0 Å². The molecule has 0 aromatic rings. The lowest BCUT2D eigenvalue weighted by Crippen LogP contribution is -2.25. The van der Waals surface area contributed by atoms with Crippen LogP contribution in [0.1, 0.15) is 27.7 Å². The molecule has 0 aromatic carbocycles. The van der Waals surface area contributed by atoms with Gasteiger partial charge in [0, 0.05) is 32.4 Å². The number of aliphatic hydroxyl groups is 3. The number of nitrogens with two attached hydrogens (primary N) is 2. The minimum atomic E-state index is 0.162. The van der Waals surface area contributed by atoms with Gasteiger partial charge in [0.15, 0.2) is 0 Å². The van der Waals surface area contributed by atoms with Gasteiger partial charge in [0.05, 0.1) is 0 Å². The van der Waals surface area contributed by atoms with Gasteiger partial charge in [0.25, 0.3) is 0 Å². The van der Waals surface area contributed by atoms with E-state index in [9.17, 15) is 0 Å². The molecule has 0 rings (SSSR count). The van der Waals surface area contributed by atoms with Crippen LogP contribution in [-0.4, -0.2) is 47.7 Å². The van der Waals surface area contributed by atoms with E-state index in [4.69, 9.17) is 26.8 Å². The largest absolute Gasteiger partial charge is 0.397 e. The predicted octanol–water partition coefficient (Wildman–Crippen LogP) is -0.712.